The Balaban J connectivity index is 0.00000324. The van der Waals surface area contributed by atoms with Crippen LogP contribution in [-0.4, -0.2) is 23.9 Å². The molecule has 0 radical (unpaired) electrons. The highest BCUT2D eigenvalue weighted by molar-refractivity contribution is 5.85. The van der Waals surface area contributed by atoms with Crippen LogP contribution in [0.4, 0.5) is 0 Å². The highest BCUT2D eigenvalue weighted by Crippen LogP contribution is 2.15. The highest BCUT2D eigenvalue weighted by atomic mass is 35.5. The number of carbonyl (C=O) groups is 1. The SMILES string of the molecule is CC[C@H](N)C(=O)N(C)Cc1ccc(C(C)C)cc1.Cl. The Labute approximate surface area is 122 Å². The van der Waals surface area contributed by atoms with Gasteiger partial charge in [0.05, 0.1) is 6.04 Å². The molecule has 0 saturated heterocycles. The largest absolute Gasteiger partial charge is 0.340 e. The van der Waals surface area contributed by atoms with Crippen molar-refractivity contribution in [2.45, 2.75) is 45.7 Å². The number of halogens is 1. The fourth-order valence-electron chi connectivity index (χ4n) is 1.82. The van der Waals surface area contributed by atoms with Crippen LogP contribution < -0.4 is 5.73 Å². The molecule has 0 bridgehead atoms. The van der Waals surface area contributed by atoms with Crippen molar-refractivity contribution < 1.29 is 4.79 Å². The standard InChI is InChI=1S/C15H24N2O.ClH/c1-5-14(16)15(18)17(4)10-12-6-8-13(9-7-12)11(2)3;/h6-9,11,14H,5,10,16H2,1-4H3;1H/t14-;/m0./s1. The first-order valence-corrected chi connectivity index (χ1v) is 6.55. The van der Waals surface area contributed by atoms with Crippen LogP contribution >= 0.6 is 12.4 Å². The van der Waals surface area contributed by atoms with Gasteiger partial charge in [0.25, 0.3) is 0 Å². The number of amides is 1. The zero-order valence-corrected chi connectivity index (χ0v) is 13.0. The predicted octanol–water partition coefficient (Wildman–Crippen LogP) is 2.93. The zero-order chi connectivity index (χ0) is 13.7. The van der Waals surface area contributed by atoms with E-state index in [1.807, 2.05) is 6.92 Å². The maximum atomic E-state index is 11.9. The van der Waals surface area contributed by atoms with Crippen molar-refractivity contribution in [2.75, 3.05) is 7.05 Å². The maximum Gasteiger partial charge on any atom is 0.239 e. The Morgan fingerprint density at radius 2 is 1.79 bits per heavy atom. The lowest BCUT2D eigenvalue weighted by molar-refractivity contribution is -0.131. The smallest absolute Gasteiger partial charge is 0.239 e. The van der Waals surface area contributed by atoms with E-state index in [9.17, 15) is 4.79 Å². The van der Waals surface area contributed by atoms with Crippen molar-refractivity contribution in [3.63, 3.8) is 0 Å². The minimum absolute atomic E-state index is 0. The summed E-state index contributed by atoms with van der Waals surface area (Å²) in [4.78, 5) is 13.5. The van der Waals surface area contributed by atoms with Gasteiger partial charge in [-0.1, -0.05) is 45.0 Å². The minimum atomic E-state index is -0.384. The summed E-state index contributed by atoms with van der Waals surface area (Å²) in [6.45, 7) is 6.88. The van der Waals surface area contributed by atoms with Gasteiger partial charge in [-0.05, 0) is 23.5 Å². The average Bonchev–Trinajstić information content (AvgIpc) is 2.37. The van der Waals surface area contributed by atoms with Gasteiger partial charge in [0, 0.05) is 13.6 Å². The molecule has 0 aliphatic heterocycles. The Morgan fingerprint density at radius 3 is 2.21 bits per heavy atom. The summed E-state index contributed by atoms with van der Waals surface area (Å²) >= 11 is 0. The Hall–Kier alpha value is -1.06. The normalized spacial score (nSPS) is 11.9. The number of likely N-dealkylation sites (N-methyl/N-ethyl adjacent to an activating group) is 1. The second-order valence-corrected chi connectivity index (χ2v) is 5.11. The molecule has 0 aliphatic carbocycles. The molecule has 1 rings (SSSR count). The van der Waals surface area contributed by atoms with Crippen LogP contribution in [0.1, 0.15) is 44.2 Å². The van der Waals surface area contributed by atoms with Crippen LogP contribution in [-0.2, 0) is 11.3 Å². The monoisotopic (exact) mass is 284 g/mol. The third kappa shape index (κ3) is 5.21. The van der Waals surface area contributed by atoms with E-state index in [0.717, 1.165) is 5.56 Å². The second-order valence-electron chi connectivity index (χ2n) is 5.11. The summed E-state index contributed by atoms with van der Waals surface area (Å²) in [5.74, 6) is 0.539. The molecule has 0 aromatic heterocycles. The molecule has 1 amide bonds. The van der Waals surface area contributed by atoms with Gasteiger partial charge < -0.3 is 10.6 Å². The average molecular weight is 285 g/mol. The summed E-state index contributed by atoms with van der Waals surface area (Å²) in [6, 6.07) is 8.02. The Bertz CT molecular complexity index is 390. The van der Waals surface area contributed by atoms with E-state index in [1.165, 1.54) is 5.56 Å². The molecule has 1 atom stereocenters. The van der Waals surface area contributed by atoms with Crippen molar-refractivity contribution in [3.8, 4) is 0 Å². The molecule has 0 saturated carbocycles. The van der Waals surface area contributed by atoms with Crippen LogP contribution in [0, 0.1) is 0 Å². The number of hydrogen-bond acceptors (Lipinski definition) is 2. The molecule has 2 N–H and O–H groups in total. The first-order chi connectivity index (χ1) is 8.45. The first-order valence-electron chi connectivity index (χ1n) is 6.55. The lowest BCUT2D eigenvalue weighted by Gasteiger charge is -2.20. The molecule has 4 heteroatoms. The lowest BCUT2D eigenvalue weighted by atomic mass is 10.0. The molecule has 108 valence electrons. The highest BCUT2D eigenvalue weighted by Gasteiger charge is 2.16. The lowest BCUT2D eigenvalue weighted by Crippen LogP contribution is -2.40. The van der Waals surface area contributed by atoms with E-state index >= 15 is 0 Å². The summed E-state index contributed by atoms with van der Waals surface area (Å²) in [7, 11) is 1.80. The van der Waals surface area contributed by atoms with E-state index < -0.39 is 0 Å². The van der Waals surface area contributed by atoms with E-state index in [1.54, 1.807) is 11.9 Å². The molecule has 1 aromatic rings. The van der Waals surface area contributed by atoms with E-state index in [2.05, 4.69) is 38.1 Å². The van der Waals surface area contributed by atoms with E-state index in [0.29, 0.717) is 18.9 Å². The van der Waals surface area contributed by atoms with Gasteiger partial charge in [-0.15, -0.1) is 12.4 Å². The molecule has 0 unspecified atom stereocenters. The number of carbonyl (C=O) groups excluding carboxylic acids is 1. The van der Waals surface area contributed by atoms with Crippen LogP contribution in [0.5, 0.6) is 0 Å². The molecule has 0 fully saturated rings. The number of rotatable bonds is 5. The van der Waals surface area contributed by atoms with Gasteiger partial charge in [0.15, 0.2) is 0 Å². The quantitative estimate of drug-likeness (QED) is 0.904. The van der Waals surface area contributed by atoms with Gasteiger partial charge in [-0.3, -0.25) is 4.79 Å². The number of benzene rings is 1. The molecular weight excluding hydrogens is 260 g/mol. The summed E-state index contributed by atoms with van der Waals surface area (Å²) in [6.07, 6.45) is 0.676. The molecule has 0 spiro atoms. The summed E-state index contributed by atoms with van der Waals surface area (Å²) in [5.41, 5.74) is 8.20. The van der Waals surface area contributed by atoms with Crippen molar-refractivity contribution >= 4 is 18.3 Å². The van der Waals surface area contributed by atoms with Crippen LogP contribution in [0.2, 0.25) is 0 Å². The topological polar surface area (TPSA) is 46.3 Å². The Kier molecular flexibility index (Phi) is 7.72. The number of hydrogen-bond donors (Lipinski definition) is 1. The van der Waals surface area contributed by atoms with Crippen molar-refractivity contribution in [1.29, 1.82) is 0 Å². The van der Waals surface area contributed by atoms with Crippen LogP contribution in [0.25, 0.3) is 0 Å². The molecule has 3 nitrogen and oxygen atoms in total. The fraction of sp³-hybridized carbons (Fsp3) is 0.533. The van der Waals surface area contributed by atoms with Gasteiger partial charge >= 0.3 is 0 Å². The van der Waals surface area contributed by atoms with Gasteiger partial charge in [0.2, 0.25) is 5.91 Å². The van der Waals surface area contributed by atoms with Crippen molar-refractivity contribution in [3.05, 3.63) is 35.4 Å². The number of nitrogens with two attached hydrogens (primary N) is 1. The third-order valence-corrected chi connectivity index (χ3v) is 3.20. The minimum Gasteiger partial charge on any atom is -0.340 e. The first kappa shape index (κ1) is 17.9. The number of nitrogens with zero attached hydrogens (tertiary/aromatic N) is 1. The zero-order valence-electron chi connectivity index (χ0n) is 12.2. The summed E-state index contributed by atoms with van der Waals surface area (Å²) < 4.78 is 0. The van der Waals surface area contributed by atoms with Crippen LogP contribution in [0.3, 0.4) is 0 Å². The van der Waals surface area contributed by atoms with E-state index in [4.69, 9.17) is 5.73 Å². The Morgan fingerprint density at radius 1 is 1.26 bits per heavy atom. The second kappa shape index (κ2) is 8.18. The molecule has 19 heavy (non-hydrogen) atoms. The maximum absolute atomic E-state index is 11.9. The molecule has 1 aromatic carbocycles. The van der Waals surface area contributed by atoms with Crippen molar-refractivity contribution in [1.82, 2.24) is 4.90 Å². The van der Waals surface area contributed by atoms with Crippen LogP contribution in [0.15, 0.2) is 24.3 Å². The van der Waals surface area contributed by atoms with E-state index in [-0.39, 0.29) is 24.4 Å². The third-order valence-electron chi connectivity index (χ3n) is 3.20. The van der Waals surface area contributed by atoms with Gasteiger partial charge in [-0.25, -0.2) is 0 Å². The molecule has 0 aliphatic rings. The predicted molar refractivity (Wildman–Crippen MR) is 82.5 cm³/mol. The molecule has 0 heterocycles. The van der Waals surface area contributed by atoms with Gasteiger partial charge in [0.1, 0.15) is 0 Å². The fourth-order valence-corrected chi connectivity index (χ4v) is 1.82. The van der Waals surface area contributed by atoms with Gasteiger partial charge in [-0.2, -0.15) is 0 Å². The van der Waals surface area contributed by atoms with Crippen molar-refractivity contribution in [2.24, 2.45) is 5.73 Å². The summed E-state index contributed by atoms with van der Waals surface area (Å²) in [5, 5.41) is 0. The molecular formula is C15H25ClN2O.